The molecule has 0 saturated heterocycles. The fourth-order valence-corrected chi connectivity index (χ4v) is 4.29. The summed E-state index contributed by atoms with van der Waals surface area (Å²) in [7, 11) is 0. The molecule has 10 heteroatoms. The van der Waals surface area contributed by atoms with E-state index in [1.165, 1.54) is 6.21 Å². The first-order valence-electron chi connectivity index (χ1n) is 11.1. The molecule has 1 fully saturated rings. The van der Waals surface area contributed by atoms with Crippen LogP contribution in [0.2, 0.25) is 0 Å². The van der Waals surface area contributed by atoms with Gasteiger partial charge in [-0.2, -0.15) is 10.4 Å². The van der Waals surface area contributed by atoms with E-state index in [1.807, 2.05) is 24.3 Å². The number of nitriles is 1. The third-order valence-electron chi connectivity index (χ3n) is 5.94. The lowest BCUT2D eigenvalue weighted by Crippen LogP contribution is -2.18. The second kappa shape index (κ2) is 10.5. The highest BCUT2D eigenvalue weighted by Gasteiger charge is 2.34. The zero-order valence-electron chi connectivity index (χ0n) is 18.9. The number of benzene rings is 1. The van der Waals surface area contributed by atoms with Crippen LogP contribution in [0.5, 0.6) is 0 Å². The normalized spacial score (nSPS) is 18.0. The van der Waals surface area contributed by atoms with Crippen molar-refractivity contribution < 1.29 is 9.90 Å². The molecule has 0 radical (unpaired) electrons. The molecule has 0 bridgehead atoms. The summed E-state index contributed by atoms with van der Waals surface area (Å²) < 4.78 is 0. The van der Waals surface area contributed by atoms with Crippen molar-refractivity contribution in [2.24, 2.45) is 21.9 Å². The number of hydrazone groups is 1. The summed E-state index contributed by atoms with van der Waals surface area (Å²) in [5, 5.41) is 22.4. The number of pyridine rings is 1. The van der Waals surface area contributed by atoms with Gasteiger partial charge in [-0.05, 0) is 43.2 Å². The van der Waals surface area contributed by atoms with Crippen LogP contribution in [-0.2, 0) is 11.3 Å². The molecule has 10 nitrogen and oxygen atoms in total. The first-order chi connectivity index (χ1) is 17.0. The number of aliphatic carboxylic acids is 1. The molecule has 0 spiro atoms. The van der Waals surface area contributed by atoms with Crippen LogP contribution >= 0.6 is 0 Å². The number of nitrogens with two attached hydrogens (primary N) is 2. The Labute approximate surface area is 202 Å². The van der Waals surface area contributed by atoms with E-state index in [4.69, 9.17) is 16.8 Å². The second-order valence-electron chi connectivity index (χ2n) is 8.21. The Bertz CT molecular complexity index is 1350. The number of carbonyl (C=O) groups is 1. The molecule has 2 atom stereocenters. The highest BCUT2D eigenvalue weighted by atomic mass is 16.4. The molecule has 0 aliphatic heterocycles. The van der Waals surface area contributed by atoms with Crippen molar-refractivity contribution >= 4 is 23.8 Å². The van der Waals surface area contributed by atoms with Gasteiger partial charge in [-0.3, -0.25) is 14.8 Å². The molecule has 4 rings (SSSR count). The molecule has 3 aromatic rings. The molecule has 35 heavy (non-hydrogen) atoms. The maximum atomic E-state index is 11.5. The summed E-state index contributed by atoms with van der Waals surface area (Å²) in [5.74, 6) is 4.38. The topological polar surface area (TPSA) is 177 Å². The van der Waals surface area contributed by atoms with E-state index in [0.717, 1.165) is 18.5 Å². The van der Waals surface area contributed by atoms with Crippen LogP contribution in [0.1, 0.15) is 47.8 Å². The van der Waals surface area contributed by atoms with Crippen molar-refractivity contribution in [3.05, 3.63) is 71.2 Å². The first-order valence-corrected chi connectivity index (χ1v) is 11.1. The van der Waals surface area contributed by atoms with Gasteiger partial charge >= 0.3 is 5.97 Å². The van der Waals surface area contributed by atoms with E-state index in [2.05, 4.69) is 31.1 Å². The van der Waals surface area contributed by atoms with Gasteiger partial charge in [0.25, 0.3) is 0 Å². The third-order valence-corrected chi connectivity index (χ3v) is 5.94. The average molecular weight is 469 g/mol. The Morgan fingerprint density at radius 1 is 1.17 bits per heavy atom. The summed E-state index contributed by atoms with van der Waals surface area (Å²) >= 11 is 0. The Balaban J connectivity index is 1.52. The highest BCUT2D eigenvalue weighted by molar-refractivity contribution is 6.37. The lowest BCUT2D eigenvalue weighted by Gasteiger charge is -2.15. The number of nitrogen functional groups attached to an aromatic ring is 1. The minimum absolute atomic E-state index is 0.0355. The van der Waals surface area contributed by atoms with Crippen LogP contribution in [-0.4, -0.2) is 38.0 Å². The smallest absolute Gasteiger partial charge is 0.307 e. The van der Waals surface area contributed by atoms with Gasteiger partial charge in [0.15, 0.2) is 0 Å². The molecular weight excluding hydrogens is 444 g/mol. The quantitative estimate of drug-likeness (QED) is 0.269. The van der Waals surface area contributed by atoms with E-state index in [0.29, 0.717) is 40.3 Å². The van der Waals surface area contributed by atoms with E-state index >= 15 is 0 Å². The predicted octanol–water partition coefficient (Wildman–Crippen LogP) is 2.89. The zero-order valence-corrected chi connectivity index (χ0v) is 18.9. The van der Waals surface area contributed by atoms with Crippen LogP contribution < -0.4 is 11.6 Å². The largest absolute Gasteiger partial charge is 0.481 e. The minimum atomic E-state index is -0.774. The second-order valence-corrected chi connectivity index (χ2v) is 8.21. The standard InChI is InChI=1S/C25H24N8O2/c26-12-15-4-1-5-16(10-15)21-11-22(32-25(27)31-21)23(33-28)14-29-13-17-6-2-9-20(30-17)18-7-3-8-19(18)24(34)35/h1-2,4-6,9-11,14,18-19H,3,7-8,13,28H2,(H,34,35)(H2,27,31,32). The van der Waals surface area contributed by atoms with E-state index < -0.39 is 11.9 Å². The summed E-state index contributed by atoms with van der Waals surface area (Å²) in [6.07, 6.45) is 3.86. The first kappa shape index (κ1) is 23.5. The molecule has 1 aliphatic carbocycles. The van der Waals surface area contributed by atoms with Crippen molar-refractivity contribution in [3.63, 3.8) is 0 Å². The number of carboxylic acid groups (broad SMARTS) is 1. The lowest BCUT2D eigenvalue weighted by molar-refractivity contribution is -0.142. The summed E-state index contributed by atoms with van der Waals surface area (Å²) in [6, 6.07) is 16.3. The van der Waals surface area contributed by atoms with Crippen LogP contribution in [0.15, 0.2) is 58.6 Å². The van der Waals surface area contributed by atoms with E-state index in [1.54, 1.807) is 24.3 Å². The maximum Gasteiger partial charge on any atom is 0.307 e. The fraction of sp³-hybridized carbons (Fsp3) is 0.240. The Kier molecular flexibility index (Phi) is 7.07. The average Bonchev–Trinajstić information content (AvgIpc) is 3.37. The van der Waals surface area contributed by atoms with Crippen molar-refractivity contribution in [1.82, 2.24) is 15.0 Å². The van der Waals surface area contributed by atoms with E-state index in [-0.39, 0.29) is 18.4 Å². The van der Waals surface area contributed by atoms with Crippen LogP contribution in [0.3, 0.4) is 0 Å². The van der Waals surface area contributed by atoms with Crippen LogP contribution in [0, 0.1) is 17.2 Å². The molecule has 0 amide bonds. The van der Waals surface area contributed by atoms with Crippen LogP contribution in [0.4, 0.5) is 5.95 Å². The molecule has 176 valence electrons. The predicted molar refractivity (Wildman–Crippen MR) is 131 cm³/mol. The summed E-state index contributed by atoms with van der Waals surface area (Å²) in [5.41, 5.74) is 9.82. The number of rotatable bonds is 7. The summed E-state index contributed by atoms with van der Waals surface area (Å²) in [4.78, 5) is 29.1. The number of anilines is 1. The number of hydrogen-bond acceptors (Lipinski definition) is 9. The molecule has 2 aromatic heterocycles. The number of aromatic nitrogens is 3. The Morgan fingerprint density at radius 2 is 2.00 bits per heavy atom. The minimum Gasteiger partial charge on any atom is -0.481 e. The van der Waals surface area contributed by atoms with Gasteiger partial charge in [0, 0.05) is 17.2 Å². The van der Waals surface area contributed by atoms with Crippen molar-refractivity contribution in [3.8, 4) is 17.3 Å². The zero-order chi connectivity index (χ0) is 24.8. The number of hydrogen-bond donors (Lipinski definition) is 3. The van der Waals surface area contributed by atoms with Gasteiger partial charge in [-0.1, -0.05) is 24.6 Å². The monoisotopic (exact) mass is 468 g/mol. The molecule has 2 unspecified atom stereocenters. The molecule has 5 N–H and O–H groups in total. The molecule has 1 aromatic carbocycles. The molecule has 1 saturated carbocycles. The SMILES string of the molecule is N#Cc1cccc(-c2cc(C(C=NCc3cccc(C4CCCC4C(=O)O)n3)=NN)nc(N)n2)c1. The fourth-order valence-electron chi connectivity index (χ4n) is 4.29. The number of carboxylic acids is 1. The third kappa shape index (κ3) is 5.47. The van der Waals surface area contributed by atoms with Crippen molar-refractivity contribution in [1.29, 1.82) is 5.26 Å². The van der Waals surface area contributed by atoms with Crippen molar-refractivity contribution in [2.75, 3.05) is 5.73 Å². The molecule has 1 aliphatic rings. The maximum absolute atomic E-state index is 11.5. The molecular formula is C25H24N8O2. The Hall–Kier alpha value is -4.65. The lowest BCUT2D eigenvalue weighted by atomic mass is 9.92. The van der Waals surface area contributed by atoms with Gasteiger partial charge in [0.05, 0.1) is 47.4 Å². The van der Waals surface area contributed by atoms with E-state index in [9.17, 15) is 9.90 Å². The Morgan fingerprint density at radius 3 is 2.77 bits per heavy atom. The van der Waals surface area contributed by atoms with Gasteiger partial charge in [0.2, 0.25) is 5.95 Å². The highest BCUT2D eigenvalue weighted by Crippen LogP contribution is 2.39. The molecule has 2 heterocycles. The number of aliphatic imine (C=N–C) groups is 1. The van der Waals surface area contributed by atoms with Crippen molar-refractivity contribution in [2.45, 2.75) is 31.7 Å². The number of nitrogens with zero attached hydrogens (tertiary/aromatic N) is 6. The van der Waals surface area contributed by atoms with Gasteiger partial charge in [0.1, 0.15) is 5.71 Å². The van der Waals surface area contributed by atoms with Crippen LogP contribution in [0.25, 0.3) is 11.3 Å². The summed E-state index contributed by atoms with van der Waals surface area (Å²) in [6.45, 7) is 0.259. The van der Waals surface area contributed by atoms with Gasteiger partial charge in [-0.25, -0.2) is 9.97 Å². The van der Waals surface area contributed by atoms with Gasteiger partial charge in [-0.15, -0.1) is 0 Å². The van der Waals surface area contributed by atoms with Gasteiger partial charge < -0.3 is 16.7 Å².